The van der Waals surface area contributed by atoms with E-state index >= 15 is 0 Å². The molecule has 0 spiro atoms. The molecule has 1 rings (SSSR count). The molecule has 1 aromatic carbocycles. The van der Waals surface area contributed by atoms with Crippen LogP contribution in [-0.4, -0.2) is 23.2 Å². The zero-order chi connectivity index (χ0) is 13.7. The number of alkyl halides is 1. The molecule has 0 saturated carbocycles. The van der Waals surface area contributed by atoms with Crippen LogP contribution < -0.4 is 10.6 Å². The van der Waals surface area contributed by atoms with Crippen molar-refractivity contribution < 1.29 is 9.59 Å². The lowest BCUT2D eigenvalue weighted by molar-refractivity contribution is -0.115. The molecule has 1 atom stereocenters. The summed E-state index contributed by atoms with van der Waals surface area (Å²) in [6.45, 7) is 5.33. The van der Waals surface area contributed by atoms with Crippen molar-refractivity contribution in [2.24, 2.45) is 0 Å². The summed E-state index contributed by atoms with van der Waals surface area (Å²) in [4.78, 5) is 23.5. The Kier molecular flexibility index (Phi) is 5.16. The molecule has 0 radical (unpaired) electrons. The van der Waals surface area contributed by atoms with Crippen LogP contribution in [0.1, 0.15) is 31.1 Å². The van der Waals surface area contributed by atoms with Gasteiger partial charge in [0.2, 0.25) is 5.91 Å². The van der Waals surface area contributed by atoms with Crippen molar-refractivity contribution in [2.45, 2.75) is 32.2 Å². The van der Waals surface area contributed by atoms with E-state index in [0.717, 1.165) is 0 Å². The van der Waals surface area contributed by atoms with E-state index in [4.69, 9.17) is 11.6 Å². The van der Waals surface area contributed by atoms with Crippen LogP contribution in [0, 0.1) is 0 Å². The average molecular weight is 269 g/mol. The molecule has 5 heteroatoms. The molecule has 1 aromatic rings. The van der Waals surface area contributed by atoms with Crippen molar-refractivity contribution in [1.29, 1.82) is 0 Å². The van der Waals surface area contributed by atoms with E-state index in [1.165, 1.54) is 0 Å². The SMILES string of the molecule is CC(C)NC(=O)c1ccccc1NC(=O)[C@H](C)Cl. The summed E-state index contributed by atoms with van der Waals surface area (Å²) in [6, 6.07) is 6.86. The molecule has 0 bridgehead atoms. The van der Waals surface area contributed by atoms with Crippen LogP contribution in [0.5, 0.6) is 0 Å². The second-order valence-electron chi connectivity index (χ2n) is 4.28. The Morgan fingerprint density at radius 2 is 1.78 bits per heavy atom. The van der Waals surface area contributed by atoms with E-state index in [1.54, 1.807) is 31.2 Å². The highest BCUT2D eigenvalue weighted by Crippen LogP contribution is 2.16. The normalized spacial score (nSPS) is 12.1. The minimum Gasteiger partial charge on any atom is -0.350 e. The minimum atomic E-state index is -0.647. The van der Waals surface area contributed by atoms with Gasteiger partial charge in [0.25, 0.3) is 5.91 Å². The highest BCUT2D eigenvalue weighted by Gasteiger charge is 2.15. The molecular weight excluding hydrogens is 252 g/mol. The highest BCUT2D eigenvalue weighted by atomic mass is 35.5. The van der Waals surface area contributed by atoms with Gasteiger partial charge in [0.05, 0.1) is 11.3 Å². The Bertz CT molecular complexity index is 444. The lowest BCUT2D eigenvalue weighted by Gasteiger charge is -2.13. The molecule has 0 aliphatic rings. The predicted molar refractivity (Wildman–Crippen MR) is 73.0 cm³/mol. The number of carbonyl (C=O) groups excluding carboxylic acids is 2. The first-order chi connectivity index (χ1) is 8.41. The van der Waals surface area contributed by atoms with Gasteiger partial charge < -0.3 is 10.6 Å². The number of anilines is 1. The molecule has 0 heterocycles. The van der Waals surface area contributed by atoms with Gasteiger partial charge in [0, 0.05) is 6.04 Å². The number of benzene rings is 1. The molecule has 98 valence electrons. The third-order valence-corrected chi connectivity index (χ3v) is 2.41. The van der Waals surface area contributed by atoms with Crippen LogP contribution in [0.4, 0.5) is 5.69 Å². The maximum atomic E-state index is 11.9. The van der Waals surface area contributed by atoms with Gasteiger partial charge in [-0.25, -0.2) is 0 Å². The molecule has 0 unspecified atom stereocenters. The Morgan fingerprint density at radius 1 is 1.17 bits per heavy atom. The Hall–Kier alpha value is -1.55. The van der Waals surface area contributed by atoms with E-state index in [0.29, 0.717) is 11.3 Å². The molecule has 2 amide bonds. The van der Waals surface area contributed by atoms with Crippen LogP contribution in [0.3, 0.4) is 0 Å². The molecule has 18 heavy (non-hydrogen) atoms. The maximum Gasteiger partial charge on any atom is 0.253 e. The number of hydrogen-bond donors (Lipinski definition) is 2. The topological polar surface area (TPSA) is 58.2 Å². The third kappa shape index (κ3) is 4.04. The number of nitrogens with one attached hydrogen (secondary N) is 2. The second kappa shape index (κ2) is 6.40. The quantitative estimate of drug-likeness (QED) is 0.824. The van der Waals surface area contributed by atoms with Crippen molar-refractivity contribution in [3.8, 4) is 0 Å². The third-order valence-electron chi connectivity index (χ3n) is 2.21. The van der Waals surface area contributed by atoms with E-state index < -0.39 is 5.38 Å². The zero-order valence-corrected chi connectivity index (χ0v) is 11.4. The van der Waals surface area contributed by atoms with Gasteiger partial charge in [-0.1, -0.05) is 12.1 Å². The lowest BCUT2D eigenvalue weighted by Crippen LogP contribution is -2.31. The number of hydrogen-bond acceptors (Lipinski definition) is 2. The van der Waals surface area contributed by atoms with Crippen molar-refractivity contribution in [3.63, 3.8) is 0 Å². The highest BCUT2D eigenvalue weighted by molar-refractivity contribution is 6.32. The van der Waals surface area contributed by atoms with E-state index in [-0.39, 0.29) is 17.9 Å². The summed E-state index contributed by atoms with van der Waals surface area (Å²) in [5, 5.41) is 4.76. The predicted octanol–water partition coefficient (Wildman–Crippen LogP) is 2.39. The number of halogens is 1. The molecule has 0 aliphatic carbocycles. The summed E-state index contributed by atoms with van der Waals surface area (Å²) in [5.74, 6) is -0.551. The standard InChI is InChI=1S/C13H17ClN2O2/c1-8(2)15-13(18)10-6-4-5-7-11(10)16-12(17)9(3)14/h4-9H,1-3H3,(H,15,18)(H,16,17)/t9-/m0/s1. The molecule has 0 aromatic heterocycles. The second-order valence-corrected chi connectivity index (χ2v) is 4.93. The van der Waals surface area contributed by atoms with Crippen LogP contribution in [0.2, 0.25) is 0 Å². The Balaban J connectivity index is 2.92. The van der Waals surface area contributed by atoms with Crippen molar-refractivity contribution >= 4 is 29.1 Å². The summed E-state index contributed by atoms with van der Waals surface area (Å²) < 4.78 is 0. The van der Waals surface area contributed by atoms with E-state index in [9.17, 15) is 9.59 Å². The molecule has 4 nitrogen and oxygen atoms in total. The summed E-state index contributed by atoms with van der Waals surface area (Å²) >= 11 is 5.68. The van der Waals surface area contributed by atoms with Crippen molar-refractivity contribution in [2.75, 3.05) is 5.32 Å². The first kappa shape index (κ1) is 14.5. The first-order valence-electron chi connectivity index (χ1n) is 5.76. The number of carbonyl (C=O) groups is 2. The average Bonchev–Trinajstić information content (AvgIpc) is 2.28. The van der Waals surface area contributed by atoms with E-state index in [2.05, 4.69) is 10.6 Å². The maximum absolute atomic E-state index is 11.9. The van der Waals surface area contributed by atoms with Crippen LogP contribution in [0.15, 0.2) is 24.3 Å². The van der Waals surface area contributed by atoms with Gasteiger partial charge in [-0.05, 0) is 32.9 Å². The smallest absolute Gasteiger partial charge is 0.253 e. The van der Waals surface area contributed by atoms with Gasteiger partial charge in [-0.2, -0.15) is 0 Å². The molecule has 2 N–H and O–H groups in total. The fourth-order valence-corrected chi connectivity index (χ4v) is 1.42. The molecule has 0 fully saturated rings. The van der Waals surface area contributed by atoms with Gasteiger partial charge in [-0.15, -0.1) is 11.6 Å². The largest absolute Gasteiger partial charge is 0.350 e. The van der Waals surface area contributed by atoms with Crippen molar-refractivity contribution in [3.05, 3.63) is 29.8 Å². The number of amides is 2. The number of para-hydroxylation sites is 1. The van der Waals surface area contributed by atoms with Crippen molar-refractivity contribution in [1.82, 2.24) is 5.32 Å². The fraction of sp³-hybridized carbons (Fsp3) is 0.385. The zero-order valence-electron chi connectivity index (χ0n) is 10.7. The van der Waals surface area contributed by atoms with Gasteiger partial charge in [0.1, 0.15) is 5.38 Å². The van der Waals surface area contributed by atoms with Crippen LogP contribution in [0.25, 0.3) is 0 Å². The molecule has 0 saturated heterocycles. The fourth-order valence-electron chi connectivity index (χ4n) is 1.36. The lowest BCUT2D eigenvalue weighted by atomic mass is 10.1. The van der Waals surface area contributed by atoms with E-state index in [1.807, 2.05) is 13.8 Å². The van der Waals surface area contributed by atoms with Gasteiger partial charge in [0.15, 0.2) is 0 Å². The summed E-state index contributed by atoms with van der Waals surface area (Å²) in [6.07, 6.45) is 0. The monoisotopic (exact) mass is 268 g/mol. The molecule has 0 aliphatic heterocycles. The number of rotatable bonds is 4. The Morgan fingerprint density at radius 3 is 2.33 bits per heavy atom. The van der Waals surface area contributed by atoms with Crippen LogP contribution in [-0.2, 0) is 4.79 Å². The summed E-state index contributed by atoms with van der Waals surface area (Å²) in [7, 11) is 0. The van der Waals surface area contributed by atoms with Gasteiger partial charge >= 0.3 is 0 Å². The summed E-state index contributed by atoms with van der Waals surface area (Å²) in [5.41, 5.74) is 0.894. The minimum absolute atomic E-state index is 0.0354. The van der Waals surface area contributed by atoms with Crippen LogP contribution >= 0.6 is 11.6 Å². The first-order valence-corrected chi connectivity index (χ1v) is 6.20. The molecular formula is C13H17ClN2O2. The Labute approximate surface area is 112 Å². The van der Waals surface area contributed by atoms with Gasteiger partial charge in [-0.3, -0.25) is 9.59 Å².